The molecule has 104 valence electrons. The Balaban J connectivity index is 4.71. The number of hydrogen-bond donors (Lipinski definition) is 0. The molecule has 0 spiro atoms. The molecule has 0 unspecified atom stereocenters. The Bertz CT molecular complexity index is 322. The van der Waals surface area contributed by atoms with Gasteiger partial charge in [0.25, 0.3) is 0 Å². The minimum absolute atomic E-state index is 0.00987. The summed E-state index contributed by atoms with van der Waals surface area (Å²) in [5.74, 6) is -0.764. The van der Waals surface area contributed by atoms with Crippen molar-refractivity contribution < 1.29 is 23.9 Å². The zero-order valence-electron chi connectivity index (χ0n) is 11.6. The normalized spacial score (nSPS) is 11.9. The molecule has 6 heteroatoms. The van der Waals surface area contributed by atoms with Gasteiger partial charge in [-0.3, -0.25) is 9.59 Å². The first-order chi connectivity index (χ1) is 8.33. The summed E-state index contributed by atoms with van der Waals surface area (Å²) in [6.07, 6.45) is 0.00987. The summed E-state index contributed by atoms with van der Waals surface area (Å²) >= 11 is 0. The van der Waals surface area contributed by atoms with Crippen LogP contribution in [0.2, 0.25) is 0 Å². The molecule has 0 atom stereocenters. The van der Waals surface area contributed by atoms with Crippen LogP contribution < -0.4 is 0 Å². The second-order valence-corrected chi connectivity index (χ2v) is 4.37. The van der Waals surface area contributed by atoms with Gasteiger partial charge in [-0.15, -0.1) is 0 Å². The molecule has 0 aromatic heterocycles. The summed E-state index contributed by atoms with van der Waals surface area (Å²) in [6.45, 7) is 7.12. The molecule has 0 aromatic rings. The molecule has 0 rings (SSSR count). The van der Waals surface area contributed by atoms with E-state index in [1.807, 2.05) is 13.8 Å². The van der Waals surface area contributed by atoms with Crippen molar-refractivity contribution in [3.8, 4) is 0 Å². The van der Waals surface area contributed by atoms with Crippen molar-refractivity contribution in [1.82, 2.24) is 0 Å². The molecule has 0 aliphatic carbocycles. The number of rotatable bonds is 7. The number of esters is 2. The van der Waals surface area contributed by atoms with Crippen molar-refractivity contribution in [2.75, 3.05) is 20.3 Å². The molecule has 0 bridgehead atoms. The molecule has 0 radical (unpaired) electrons. The molecule has 0 amide bonds. The number of hydrogen-bond acceptors (Lipinski definition) is 6. The molecule has 0 heterocycles. The van der Waals surface area contributed by atoms with Crippen LogP contribution in [0.15, 0.2) is 5.16 Å². The Morgan fingerprint density at radius 1 is 1.22 bits per heavy atom. The highest BCUT2D eigenvalue weighted by atomic mass is 16.6. The van der Waals surface area contributed by atoms with Crippen molar-refractivity contribution in [2.45, 2.75) is 34.1 Å². The molecule has 0 aliphatic rings. The van der Waals surface area contributed by atoms with Crippen LogP contribution in [0.5, 0.6) is 0 Å². The Kier molecular flexibility index (Phi) is 7.00. The average Bonchev–Trinajstić information content (AvgIpc) is 2.26. The summed E-state index contributed by atoms with van der Waals surface area (Å²) in [6, 6.07) is 0. The van der Waals surface area contributed by atoms with Crippen molar-refractivity contribution in [1.29, 1.82) is 0 Å². The van der Waals surface area contributed by atoms with Gasteiger partial charge < -0.3 is 14.3 Å². The molecular formula is C12H21NO5. The third kappa shape index (κ3) is 6.22. The Hall–Kier alpha value is -1.59. The lowest BCUT2D eigenvalue weighted by molar-refractivity contribution is -0.142. The van der Waals surface area contributed by atoms with Gasteiger partial charge in [-0.25, -0.2) is 0 Å². The smallest absolute Gasteiger partial charge is 0.311 e. The maximum absolute atomic E-state index is 11.4. The maximum atomic E-state index is 11.4. The summed E-state index contributed by atoms with van der Waals surface area (Å²) in [5, 5.41) is 3.82. The summed E-state index contributed by atoms with van der Waals surface area (Å²) < 4.78 is 9.80. The van der Waals surface area contributed by atoms with Crippen molar-refractivity contribution >= 4 is 17.7 Å². The number of nitrogens with zero attached hydrogens (tertiary/aromatic N) is 1. The molecule has 0 saturated heterocycles. The van der Waals surface area contributed by atoms with Crippen molar-refractivity contribution in [3.05, 3.63) is 0 Å². The largest absolute Gasteiger partial charge is 0.466 e. The Labute approximate surface area is 107 Å². The van der Waals surface area contributed by atoms with Gasteiger partial charge in [-0.05, 0) is 6.92 Å². The molecular weight excluding hydrogens is 238 g/mol. The van der Waals surface area contributed by atoms with Crippen LogP contribution in [0.3, 0.4) is 0 Å². The lowest BCUT2D eigenvalue weighted by Crippen LogP contribution is -2.33. The van der Waals surface area contributed by atoms with Crippen LogP contribution in [0, 0.1) is 5.41 Å². The van der Waals surface area contributed by atoms with E-state index in [0.717, 1.165) is 0 Å². The van der Waals surface area contributed by atoms with Crippen LogP contribution in [0.1, 0.15) is 34.1 Å². The highest BCUT2D eigenvalue weighted by Crippen LogP contribution is 2.21. The molecule has 0 aromatic carbocycles. The Morgan fingerprint density at radius 2 is 1.83 bits per heavy atom. The maximum Gasteiger partial charge on any atom is 0.311 e. The van der Waals surface area contributed by atoms with E-state index >= 15 is 0 Å². The van der Waals surface area contributed by atoms with Crippen LogP contribution in [0.25, 0.3) is 0 Å². The predicted molar refractivity (Wildman–Crippen MR) is 66.1 cm³/mol. The van der Waals surface area contributed by atoms with Gasteiger partial charge in [-0.2, -0.15) is 0 Å². The predicted octanol–water partition coefficient (Wildman–Crippen LogP) is 1.53. The lowest BCUT2D eigenvalue weighted by atomic mass is 9.86. The number of carbonyl (C=O) groups excluding carboxylic acids is 2. The molecule has 0 fully saturated rings. The fourth-order valence-electron chi connectivity index (χ4n) is 1.22. The average molecular weight is 259 g/mol. The monoisotopic (exact) mass is 259 g/mol. The van der Waals surface area contributed by atoms with Gasteiger partial charge in [0, 0.05) is 12.3 Å². The van der Waals surface area contributed by atoms with Gasteiger partial charge in [0.15, 0.2) is 0 Å². The molecule has 0 saturated carbocycles. The topological polar surface area (TPSA) is 74.2 Å². The van der Waals surface area contributed by atoms with E-state index in [1.54, 1.807) is 6.92 Å². The van der Waals surface area contributed by atoms with E-state index in [9.17, 15) is 9.59 Å². The van der Waals surface area contributed by atoms with E-state index in [1.165, 1.54) is 14.0 Å². The molecule has 0 N–H and O–H groups in total. The first-order valence-electron chi connectivity index (χ1n) is 5.73. The van der Waals surface area contributed by atoms with Gasteiger partial charge in [0.05, 0.1) is 18.7 Å². The van der Waals surface area contributed by atoms with Crippen LogP contribution in [-0.4, -0.2) is 38.0 Å². The highest BCUT2D eigenvalue weighted by Gasteiger charge is 2.29. The van der Waals surface area contributed by atoms with E-state index < -0.39 is 5.41 Å². The molecule has 6 nitrogen and oxygen atoms in total. The zero-order chi connectivity index (χ0) is 14.2. The first-order valence-corrected chi connectivity index (χ1v) is 5.73. The second-order valence-electron chi connectivity index (χ2n) is 4.37. The quantitative estimate of drug-likeness (QED) is 0.394. The number of oxime groups is 1. The zero-order valence-corrected chi connectivity index (χ0v) is 11.6. The fraction of sp³-hybridized carbons (Fsp3) is 0.750. The van der Waals surface area contributed by atoms with Gasteiger partial charge in [0.1, 0.15) is 13.7 Å². The highest BCUT2D eigenvalue weighted by molar-refractivity contribution is 6.01. The lowest BCUT2D eigenvalue weighted by Gasteiger charge is -2.24. The van der Waals surface area contributed by atoms with E-state index in [-0.39, 0.29) is 25.0 Å². The van der Waals surface area contributed by atoms with E-state index in [0.29, 0.717) is 12.3 Å². The van der Waals surface area contributed by atoms with Gasteiger partial charge >= 0.3 is 11.9 Å². The minimum atomic E-state index is -0.589. The van der Waals surface area contributed by atoms with Crippen molar-refractivity contribution in [3.63, 3.8) is 0 Å². The summed E-state index contributed by atoms with van der Waals surface area (Å²) in [4.78, 5) is 27.0. The molecule has 18 heavy (non-hydrogen) atoms. The first kappa shape index (κ1) is 16.4. The standard InChI is InChI=1S/C12H21NO5/c1-6-17-11(15)7-10(13-16-5)12(3,4)8-18-9(2)14/h6-8H2,1-5H3/b13-10+. The van der Waals surface area contributed by atoms with Gasteiger partial charge in [-0.1, -0.05) is 19.0 Å². The number of carbonyl (C=O) groups is 2. The Morgan fingerprint density at radius 3 is 2.28 bits per heavy atom. The van der Waals surface area contributed by atoms with E-state index in [4.69, 9.17) is 14.3 Å². The summed E-state index contributed by atoms with van der Waals surface area (Å²) in [7, 11) is 1.40. The summed E-state index contributed by atoms with van der Waals surface area (Å²) in [5.41, 5.74) is -0.112. The minimum Gasteiger partial charge on any atom is -0.466 e. The van der Waals surface area contributed by atoms with Crippen LogP contribution >= 0.6 is 0 Å². The molecule has 0 aliphatic heterocycles. The third-order valence-corrected chi connectivity index (χ3v) is 2.24. The second kappa shape index (κ2) is 7.68. The third-order valence-electron chi connectivity index (χ3n) is 2.24. The van der Waals surface area contributed by atoms with E-state index in [2.05, 4.69) is 5.16 Å². The SMILES string of the molecule is CCOC(=O)C/C(=N\OC)C(C)(C)COC(C)=O. The van der Waals surface area contributed by atoms with Crippen LogP contribution in [-0.2, 0) is 23.9 Å². The van der Waals surface area contributed by atoms with Crippen molar-refractivity contribution in [2.24, 2.45) is 10.6 Å². The van der Waals surface area contributed by atoms with Gasteiger partial charge in [0.2, 0.25) is 0 Å². The number of ether oxygens (including phenoxy) is 2. The van der Waals surface area contributed by atoms with Crippen LogP contribution in [0.4, 0.5) is 0 Å². The fourth-order valence-corrected chi connectivity index (χ4v) is 1.22.